The van der Waals surface area contributed by atoms with Gasteiger partial charge in [-0.3, -0.25) is 14.7 Å². The van der Waals surface area contributed by atoms with Gasteiger partial charge in [-0.2, -0.15) is 10.4 Å². The molecule has 0 radical (unpaired) electrons. The minimum Gasteiger partial charge on any atom is -0.346 e. The van der Waals surface area contributed by atoms with Gasteiger partial charge in [0, 0.05) is 28.2 Å². The predicted octanol–water partition coefficient (Wildman–Crippen LogP) is 4.82. The number of benzene rings is 3. The summed E-state index contributed by atoms with van der Waals surface area (Å²) in [7, 11) is 0. The van der Waals surface area contributed by atoms with Gasteiger partial charge in [0.25, 0.3) is 11.5 Å². The maximum Gasteiger partial charge on any atom is 0.251 e. The summed E-state index contributed by atoms with van der Waals surface area (Å²) in [6, 6.07) is 25.7. The van der Waals surface area contributed by atoms with Crippen LogP contribution in [0.4, 0.5) is 0 Å². The normalized spacial score (nSPS) is 10.8. The highest BCUT2D eigenvalue weighted by molar-refractivity contribution is 6.31. The summed E-state index contributed by atoms with van der Waals surface area (Å²) in [6.07, 6.45) is 2.27. The lowest BCUT2D eigenvalue weighted by Gasteiger charge is -2.10. The van der Waals surface area contributed by atoms with Crippen molar-refractivity contribution in [1.29, 1.82) is 5.26 Å². The third-order valence-corrected chi connectivity index (χ3v) is 6.39. The van der Waals surface area contributed by atoms with E-state index < -0.39 is 0 Å². The molecule has 3 aromatic carbocycles. The first kappa shape index (κ1) is 24.0. The van der Waals surface area contributed by atoms with E-state index in [1.165, 1.54) is 6.07 Å². The largest absolute Gasteiger partial charge is 0.346 e. The van der Waals surface area contributed by atoms with Crippen LogP contribution in [0, 0.1) is 11.3 Å². The summed E-state index contributed by atoms with van der Waals surface area (Å²) in [6.45, 7) is 0.594. The molecular weight excluding hydrogens is 486 g/mol. The van der Waals surface area contributed by atoms with Gasteiger partial charge < -0.3 is 9.88 Å². The molecule has 2 aromatic heterocycles. The minimum absolute atomic E-state index is 0.116. The van der Waals surface area contributed by atoms with Crippen molar-refractivity contribution in [2.75, 3.05) is 0 Å². The number of nitrogens with one attached hydrogen (secondary N) is 2. The van der Waals surface area contributed by atoms with Gasteiger partial charge in [-0.15, -0.1) is 0 Å². The number of pyridine rings is 1. The second-order valence-corrected chi connectivity index (χ2v) is 9.13. The Morgan fingerprint density at radius 3 is 2.73 bits per heavy atom. The second kappa shape index (κ2) is 10.5. The Kier molecular flexibility index (Phi) is 6.84. The fourth-order valence-electron chi connectivity index (χ4n) is 4.25. The number of nitriles is 1. The van der Waals surface area contributed by atoms with Crippen molar-refractivity contribution < 1.29 is 4.79 Å². The number of carbonyl (C=O) groups is 1. The number of hydrogen-bond donors (Lipinski definition) is 2. The third kappa shape index (κ3) is 5.45. The molecule has 8 heteroatoms. The average Bonchev–Trinajstić information content (AvgIpc) is 3.31. The van der Waals surface area contributed by atoms with Crippen LogP contribution in [0.2, 0.25) is 5.02 Å². The topological polar surface area (TPSA) is 104 Å². The Morgan fingerprint density at radius 2 is 1.89 bits per heavy atom. The van der Waals surface area contributed by atoms with Crippen molar-refractivity contribution in [3.63, 3.8) is 0 Å². The van der Waals surface area contributed by atoms with E-state index in [1.807, 2.05) is 48.5 Å². The highest BCUT2D eigenvalue weighted by atomic mass is 35.5. The number of halogens is 1. The second-order valence-electron chi connectivity index (χ2n) is 8.69. The maximum absolute atomic E-state index is 12.8. The molecule has 5 aromatic rings. The van der Waals surface area contributed by atoms with Crippen LogP contribution in [-0.2, 0) is 19.5 Å². The van der Waals surface area contributed by atoms with Crippen molar-refractivity contribution in [2.24, 2.45) is 0 Å². The Labute approximate surface area is 218 Å². The van der Waals surface area contributed by atoms with Gasteiger partial charge in [-0.1, -0.05) is 41.9 Å². The molecule has 0 aliphatic carbocycles. The van der Waals surface area contributed by atoms with E-state index in [2.05, 4.69) is 21.6 Å². The molecule has 0 aliphatic heterocycles. The minimum atomic E-state index is -0.207. The molecule has 1 amide bonds. The molecule has 0 bridgehead atoms. The van der Waals surface area contributed by atoms with Crippen LogP contribution in [0.5, 0.6) is 0 Å². The van der Waals surface area contributed by atoms with Crippen molar-refractivity contribution in [1.82, 2.24) is 20.1 Å². The quantitative estimate of drug-likeness (QED) is 0.329. The molecule has 0 unspecified atom stereocenters. The van der Waals surface area contributed by atoms with Gasteiger partial charge >= 0.3 is 0 Å². The van der Waals surface area contributed by atoms with E-state index >= 15 is 0 Å². The van der Waals surface area contributed by atoms with Crippen LogP contribution < -0.4 is 10.9 Å². The van der Waals surface area contributed by atoms with Gasteiger partial charge in [0.05, 0.1) is 35.9 Å². The fourth-order valence-corrected chi connectivity index (χ4v) is 4.42. The first-order valence-corrected chi connectivity index (χ1v) is 12.0. The zero-order valence-corrected chi connectivity index (χ0v) is 20.5. The summed E-state index contributed by atoms with van der Waals surface area (Å²) in [5, 5.41) is 21.3. The number of amides is 1. The van der Waals surface area contributed by atoms with Crippen LogP contribution in [0.25, 0.3) is 10.9 Å². The zero-order chi connectivity index (χ0) is 25.8. The monoisotopic (exact) mass is 507 g/mol. The molecule has 0 atom stereocenters. The Balaban J connectivity index is 1.28. The molecule has 0 saturated heterocycles. The molecule has 7 nitrogen and oxygen atoms in total. The van der Waals surface area contributed by atoms with Gasteiger partial charge in [0.2, 0.25) is 0 Å². The van der Waals surface area contributed by atoms with Crippen LogP contribution in [0.15, 0.2) is 89.9 Å². The van der Waals surface area contributed by atoms with Gasteiger partial charge in [0.1, 0.15) is 0 Å². The zero-order valence-electron chi connectivity index (χ0n) is 19.7. The number of aromatic nitrogens is 3. The summed E-state index contributed by atoms with van der Waals surface area (Å²) >= 11 is 6.10. The molecule has 182 valence electrons. The number of carbonyl (C=O) groups excluding carboxylic acids is 1. The molecule has 0 aliphatic rings. The van der Waals surface area contributed by atoms with Crippen molar-refractivity contribution in [2.45, 2.75) is 19.5 Å². The Hall–Kier alpha value is -4.67. The predicted molar refractivity (Wildman–Crippen MR) is 142 cm³/mol. The molecule has 5 rings (SSSR count). The van der Waals surface area contributed by atoms with Crippen LogP contribution in [-0.4, -0.2) is 20.7 Å². The van der Waals surface area contributed by atoms with E-state index in [9.17, 15) is 14.9 Å². The summed E-state index contributed by atoms with van der Waals surface area (Å²) in [4.78, 5) is 24.9. The van der Waals surface area contributed by atoms with E-state index in [0.717, 1.165) is 27.6 Å². The number of hydrogen-bond acceptors (Lipinski definition) is 4. The molecule has 2 heterocycles. The van der Waals surface area contributed by atoms with E-state index in [-0.39, 0.29) is 18.0 Å². The first-order valence-electron chi connectivity index (χ1n) is 11.7. The number of aromatic amines is 1. The van der Waals surface area contributed by atoms with Crippen molar-refractivity contribution in [3.05, 3.63) is 134 Å². The molecule has 0 saturated carbocycles. The van der Waals surface area contributed by atoms with Crippen molar-refractivity contribution in [3.8, 4) is 6.07 Å². The SMILES string of the molecule is N#Cc1cc(Cc2cccc(C(=O)NCc3n[nH]c4ccc(Cl)cc34)c2)ccc1Cn1ccccc1=O. The lowest BCUT2D eigenvalue weighted by atomic mass is 9.98. The first-order chi connectivity index (χ1) is 18.0. The molecule has 0 spiro atoms. The van der Waals surface area contributed by atoms with E-state index in [1.54, 1.807) is 35.0 Å². The lowest BCUT2D eigenvalue weighted by molar-refractivity contribution is 0.0950. The molecule has 37 heavy (non-hydrogen) atoms. The number of rotatable bonds is 7. The molecule has 0 fully saturated rings. The number of fused-ring (bicyclic) bond motifs is 1. The Bertz CT molecular complexity index is 1710. The highest BCUT2D eigenvalue weighted by Crippen LogP contribution is 2.21. The number of nitrogens with zero attached hydrogens (tertiary/aromatic N) is 3. The summed E-state index contributed by atoms with van der Waals surface area (Å²) < 4.78 is 1.57. The third-order valence-electron chi connectivity index (χ3n) is 6.15. The van der Waals surface area contributed by atoms with Gasteiger partial charge in [0.15, 0.2) is 0 Å². The van der Waals surface area contributed by atoms with Gasteiger partial charge in [-0.25, -0.2) is 0 Å². The number of H-pyrrole nitrogens is 1. The smallest absolute Gasteiger partial charge is 0.251 e. The molecule has 2 N–H and O–H groups in total. The summed E-state index contributed by atoms with van der Waals surface area (Å²) in [5.41, 5.74) is 5.18. The fraction of sp³-hybridized carbons (Fsp3) is 0.103. The Morgan fingerprint density at radius 1 is 1.03 bits per heavy atom. The maximum atomic E-state index is 12.8. The van der Waals surface area contributed by atoms with Crippen LogP contribution in [0.3, 0.4) is 0 Å². The van der Waals surface area contributed by atoms with Crippen LogP contribution in [0.1, 0.15) is 38.3 Å². The average molecular weight is 508 g/mol. The van der Waals surface area contributed by atoms with E-state index in [4.69, 9.17) is 11.6 Å². The van der Waals surface area contributed by atoms with Crippen molar-refractivity contribution >= 4 is 28.4 Å². The highest BCUT2D eigenvalue weighted by Gasteiger charge is 2.11. The standard InChI is InChI=1S/C29H22ClN5O2/c30-24-9-10-26-25(15-24)27(34-33-26)17-32-29(37)21-5-3-4-19(13-21)12-20-7-8-22(23(14-20)16-31)18-35-11-2-1-6-28(35)36/h1-11,13-15H,12,17-18H2,(H,32,37)(H,33,34). The van der Waals surface area contributed by atoms with Gasteiger partial charge in [-0.05, 0) is 65.6 Å². The van der Waals surface area contributed by atoms with E-state index in [0.29, 0.717) is 34.8 Å². The molecular formula is C29H22ClN5O2. The lowest BCUT2D eigenvalue weighted by Crippen LogP contribution is -2.23. The summed E-state index contributed by atoms with van der Waals surface area (Å²) in [5.74, 6) is -0.207. The van der Waals surface area contributed by atoms with Crippen LogP contribution >= 0.6 is 11.6 Å².